The van der Waals surface area contributed by atoms with Crippen molar-refractivity contribution in [3.05, 3.63) is 0 Å². The second kappa shape index (κ2) is 4.95. The Balaban J connectivity index is 2.94. The van der Waals surface area contributed by atoms with Gasteiger partial charge in [-0.3, -0.25) is 9.59 Å². The van der Waals surface area contributed by atoms with Crippen LogP contribution in [0.1, 0.15) is 26.2 Å². The van der Waals surface area contributed by atoms with Gasteiger partial charge in [-0.05, 0) is 18.8 Å². The number of ether oxygens (including phenoxy) is 1. The number of esters is 1. The molecule has 0 saturated heterocycles. The van der Waals surface area contributed by atoms with Gasteiger partial charge in [0.15, 0.2) is 10.1 Å². The zero-order valence-electron chi connectivity index (χ0n) is 8.76. The van der Waals surface area contributed by atoms with E-state index >= 15 is 0 Å². The molecule has 1 saturated carbocycles. The smallest absolute Gasteiger partial charge is 0.330 e. The molecule has 1 aliphatic carbocycles. The Morgan fingerprint density at radius 2 is 2.27 bits per heavy atom. The highest BCUT2D eigenvalue weighted by Crippen LogP contribution is 2.41. The summed E-state index contributed by atoms with van der Waals surface area (Å²) in [7, 11) is 1.30. The average molecular weight is 342 g/mol. The molecule has 0 aromatic heterocycles. The molecule has 0 heterocycles. The van der Waals surface area contributed by atoms with E-state index in [1.54, 1.807) is 0 Å². The molecule has 0 bridgehead atoms. The first-order chi connectivity index (χ1) is 6.95. The summed E-state index contributed by atoms with van der Waals surface area (Å²) in [6.07, 6.45) is 2.27. The van der Waals surface area contributed by atoms with E-state index < -0.39 is 10.3 Å². The van der Waals surface area contributed by atoms with Crippen molar-refractivity contribution in [1.82, 2.24) is 0 Å². The molecule has 0 aliphatic heterocycles. The first kappa shape index (κ1) is 13.2. The van der Waals surface area contributed by atoms with Crippen LogP contribution in [-0.2, 0) is 14.3 Å². The summed E-state index contributed by atoms with van der Waals surface area (Å²) in [5, 5.41) is 0. The highest BCUT2D eigenvalue weighted by atomic mass is 79.9. The molecule has 0 aromatic carbocycles. The van der Waals surface area contributed by atoms with Crippen LogP contribution in [0.4, 0.5) is 0 Å². The quantitative estimate of drug-likeness (QED) is 0.440. The Morgan fingerprint density at radius 3 is 2.73 bits per heavy atom. The van der Waals surface area contributed by atoms with E-state index in [-0.39, 0.29) is 10.6 Å². The summed E-state index contributed by atoms with van der Waals surface area (Å²) >= 11 is 6.58. The SMILES string of the molecule is CCC1CC(Br)C(=O)C(Br)(C(=O)OC)C1. The maximum Gasteiger partial charge on any atom is 0.330 e. The molecule has 1 aliphatic rings. The lowest BCUT2D eigenvalue weighted by molar-refractivity contribution is -0.148. The zero-order chi connectivity index (χ0) is 11.6. The topological polar surface area (TPSA) is 43.4 Å². The monoisotopic (exact) mass is 340 g/mol. The van der Waals surface area contributed by atoms with Crippen LogP contribution in [0.3, 0.4) is 0 Å². The predicted molar refractivity (Wildman–Crippen MR) is 64.4 cm³/mol. The molecule has 5 heteroatoms. The standard InChI is InChI=1S/C10H14Br2O3/c1-3-6-4-7(11)8(13)10(12,5-6)9(14)15-2/h6-7H,3-5H2,1-2H3. The van der Waals surface area contributed by atoms with Gasteiger partial charge in [-0.15, -0.1) is 0 Å². The van der Waals surface area contributed by atoms with E-state index in [2.05, 4.69) is 43.5 Å². The van der Waals surface area contributed by atoms with Gasteiger partial charge in [0.05, 0.1) is 11.9 Å². The Labute approximate surface area is 106 Å². The van der Waals surface area contributed by atoms with Crippen molar-refractivity contribution >= 4 is 43.6 Å². The number of alkyl halides is 2. The molecular formula is C10H14Br2O3. The van der Waals surface area contributed by atoms with Crippen molar-refractivity contribution in [3.8, 4) is 0 Å². The molecule has 0 spiro atoms. The summed E-state index contributed by atoms with van der Waals surface area (Å²) < 4.78 is 3.53. The minimum absolute atomic E-state index is 0.126. The average Bonchev–Trinajstić information content (AvgIpc) is 2.23. The third-order valence-corrected chi connectivity index (χ3v) is 4.70. The van der Waals surface area contributed by atoms with E-state index in [0.717, 1.165) is 12.8 Å². The fourth-order valence-corrected chi connectivity index (χ4v) is 4.01. The maximum absolute atomic E-state index is 11.9. The molecule has 86 valence electrons. The first-order valence-electron chi connectivity index (χ1n) is 4.91. The van der Waals surface area contributed by atoms with Gasteiger partial charge in [-0.1, -0.05) is 45.2 Å². The molecular weight excluding hydrogens is 328 g/mol. The van der Waals surface area contributed by atoms with Crippen molar-refractivity contribution in [2.24, 2.45) is 5.92 Å². The van der Waals surface area contributed by atoms with Gasteiger partial charge in [0.25, 0.3) is 0 Å². The normalized spacial score (nSPS) is 36.4. The minimum Gasteiger partial charge on any atom is -0.468 e. The number of ketones is 1. The third kappa shape index (κ3) is 2.44. The van der Waals surface area contributed by atoms with Crippen LogP contribution in [0.15, 0.2) is 0 Å². The van der Waals surface area contributed by atoms with Crippen LogP contribution in [0.2, 0.25) is 0 Å². The lowest BCUT2D eigenvalue weighted by Gasteiger charge is -2.35. The fourth-order valence-electron chi connectivity index (χ4n) is 1.89. The molecule has 15 heavy (non-hydrogen) atoms. The number of hydrogen-bond donors (Lipinski definition) is 0. The van der Waals surface area contributed by atoms with Crippen LogP contribution in [0, 0.1) is 5.92 Å². The Morgan fingerprint density at radius 1 is 1.67 bits per heavy atom. The lowest BCUT2D eigenvalue weighted by atomic mass is 9.79. The molecule has 3 nitrogen and oxygen atoms in total. The number of hydrogen-bond acceptors (Lipinski definition) is 3. The summed E-state index contributed by atoms with van der Waals surface area (Å²) in [6, 6.07) is 0. The molecule has 3 atom stereocenters. The number of Topliss-reactive ketones (excluding diaryl/α,β-unsaturated/α-hetero) is 1. The van der Waals surface area contributed by atoms with Crippen LogP contribution in [0.25, 0.3) is 0 Å². The Kier molecular flexibility index (Phi) is 4.35. The van der Waals surface area contributed by atoms with Gasteiger partial charge >= 0.3 is 5.97 Å². The van der Waals surface area contributed by atoms with E-state index in [4.69, 9.17) is 0 Å². The van der Waals surface area contributed by atoms with E-state index in [0.29, 0.717) is 12.3 Å². The van der Waals surface area contributed by atoms with Gasteiger partial charge in [0, 0.05) is 0 Å². The predicted octanol–water partition coefficient (Wildman–Crippen LogP) is 2.45. The molecule has 0 radical (unpaired) electrons. The summed E-state index contributed by atoms with van der Waals surface area (Å²) in [4.78, 5) is 23.3. The second-order valence-electron chi connectivity index (χ2n) is 3.84. The highest BCUT2D eigenvalue weighted by Gasteiger charge is 2.51. The largest absolute Gasteiger partial charge is 0.468 e. The van der Waals surface area contributed by atoms with Crippen LogP contribution >= 0.6 is 31.9 Å². The summed E-state index contributed by atoms with van der Waals surface area (Å²) in [5.74, 6) is -0.250. The van der Waals surface area contributed by atoms with Crippen LogP contribution in [-0.4, -0.2) is 28.0 Å². The molecule has 0 N–H and O–H groups in total. The lowest BCUT2D eigenvalue weighted by Crippen LogP contribution is -2.50. The summed E-state index contributed by atoms with van der Waals surface area (Å²) in [5.41, 5.74) is 0. The van der Waals surface area contributed by atoms with Crippen molar-refractivity contribution in [2.45, 2.75) is 35.3 Å². The van der Waals surface area contributed by atoms with Crippen molar-refractivity contribution in [1.29, 1.82) is 0 Å². The van der Waals surface area contributed by atoms with Crippen molar-refractivity contribution in [3.63, 3.8) is 0 Å². The van der Waals surface area contributed by atoms with Crippen molar-refractivity contribution < 1.29 is 14.3 Å². The molecule has 0 amide bonds. The zero-order valence-corrected chi connectivity index (χ0v) is 11.9. The number of rotatable bonds is 2. The van der Waals surface area contributed by atoms with E-state index in [9.17, 15) is 9.59 Å². The third-order valence-electron chi connectivity index (χ3n) is 2.87. The Bertz CT molecular complexity index is 280. The molecule has 1 fully saturated rings. The van der Waals surface area contributed by atoms with Gasteiger partial charge in [-0.25, -0.2) is 0 Å². The van der Waals surface area contributed by atoms with Crippen molar-refractivity contribution in [2.75, 3.05) is 7.11 Å². The van der Waals surface area contributed by atoms with Gasteiger partial charge in [0.2, 0.25) is 0 Å². The van der Waals surface area contributed by atoms with E-state index in [1.807, 2.05) is 0 Å². The number of methoxy groups -OCH3 is 1. The number of halogens is 2. The molecule has 1 rings (SSSR count). The second-order valence-corrected chi connectivity index (χ2v) is 6.30. The van der Waals surface area contributed by atoms with Crippen LogP contribution in [0.5, 0.6) is 0 Å². The van der Waals surface area contributed by atoms with Gasteiger partial charge in [-0.2, -0.15) is 0 Å². The first-order valence-corrected chi connectivity index (χ1v) is 6.62. The Hall–Kier alpha value is 0.1000. The summed E-state index contributed by atoms with van der Waals surface area (Å²) in [6.45, 7) is 2.06. The maximum atomic E-state index is 11.9. The molecule has 0 aromatic rings. The number of carbonyl (C=O) groups is 2. The van der Waals surface area contributed by atoms with E-state index in [1.165, 1.54) is 7.11 Å². The van der Waals surface area contributed by atoms with Gasteiger partial charge in [0.1, 0.15) is 0 Å². The minimum atomic E-state index is -1.14. The fraction of sp³-hybridized carbons (Fsp3) is 0.800. The molecule has 3 unspecified atom stereocenters. The highest BCUT2D eigenvalue weighted by molar-refractivity contribution is 9.11. The van der Waals surface area contributed by atoms with Gasteiger partial charge < -0.3 is 4.74 Å². The number of carbonyl (C=O) groups excluding carboxylic acids is 2. The van der Waals surface area contributed by atoms with Crippen LogP contribution < -0.4 is 0 Å².